The third kappa shape index (κ3) is 2.19. The molecular formula is C9H16ClN3O. The van der Waals surface area contributed by atoms with E-state index in [-0.39, 0.29) is 18.0 Å². The summed E-state index contributed by atoms with van der Waals surface area (Å²) in [6.07, 6.45) is 3.61. The van der Waals surface area contributed by atoms with Gasteiger partial charge in [0.2, 0.25) is 0 Å². The minimum atomic E-state index is 0. The van der Waals surface area contributed by atoms with E-state index in [1.54, 1.807) is 13.1 Å². The number of halogens is 1. The van der Waals surface area contributed by atoms with Gasteiger partial charge in [-0.1, -0.05) is 6.42 Å². The first kappa shape index (κ1) is 11.3. The van der Waals surface area contributed by atoms with E-state index in [4.69, 9.17) is 0 Å². The molecule has 0 spiro atoms. The molecule has 2 heterocycles. The van der Waals surface area contributed by atoms with Gasteiger partial charge in [-0.25, -0.2) is 0 Å². The van der Waals surface area contributed by atoms with Crippen LogP contribution in [0, 0.1) is 0 Å². The topological polar surface area (TPSA) is 49.8 Å². The summed E-state index contributed by atoms with van der Waals surface area (Å²) < 4.78 is 1.52. The number of H-pyrrole nitrogens is 1. The van der Waals surface area contributed by atoms with Crippen molar-refractivity contribution in [2.24, 2.45) is 7.05 Å². The van der Waals surface area contributed by atoms with Crippen LogP contribution < -0.4 is 10.9 Å². The lowest BCUT2D eigenvalue weighted by atomic mass is 10.0. The van der Waals surface area contributed by atoms with Crippen molar-refractivity contribution >= 4 is 12.4 Å². The normalized spacial score (nSPS) is 21.6. The van der Waals surface area contributed by atoms with Gasteiger partial charge < -0.3 is 5.32 Å². The fourth-order valence-corrected chi connectivity index (χ4v) is 1.81. The maximum atomic E-state index is 11.2. The van der Waals surface area contributed by atoms with Crippen LogP contribution in [0.2, 0.25) is 0 Å². The van der Waals surface area contributed by atoms with Crippen LogP contribution in [0.1, 0.15) is 31.0 Å². The zero-order valence-electron chi connectivity index (χ0n) is 8.25. The van der Waals surface area contributed by atoms with Crippen molar-refractivity contribution in [1.82, 2.24) is 15.1 Å². The van der Waals surface area contributed by atoms with Gasteiger partial charge in [-0.05, 0) is 19.4 Å². The third-order valence-corrected chi connectivity index (χ3v) is 2.59. The molecule has 1 aromatic rings. The maximum Gasteiger partial charge on any atom is 0.266 e. The Morgan fingerprint density at radius 1 is 1.50 bits per heavy atom. The van der Waals surface area contributed by atoms with Gasteiger partial charge in [-0.3, -0.25) is 14.6 Å². The minimum absolute atomic E-state index is 0. The molecule has 0 amide bonds. The number of hydrogen-bond acceptors (Lipinski definition) is 2. The number of nitrogens with zero attached hydrogens (tertiary/aromatic N) is 1. The van der Waals surface area contributed by atoms with Gasteiger partial charge in [0.15, 0.2) is 0 Å². The van der Waals surface area contributed by atoms with Crippen LogP contribution >= 0.6 is 12.4 Å². The standard InChI is InChI=1S/C9H15N3O.ClH/c1-12-9(13)6-8(11-12)7-4-2-3-5-10-7;/h6-7,10-11H,2-5H2,1H3;1H. The van der Waals surface area contributed by atoms with Crippen LogP contribution in [0.15, 0.2) is 10.9 Å². The molecule has 0 radical (unpaired) electrons. The molecule has 1 aliphatic rings. The average molecular weight is 218 g/mol. The van der Waals surface area contributed by atoms with Crippen molar-refractivity contribution < 1.29 is 0 Å². The van der Waals surface area contributed by atoms with Crippen LogP contribution in [0.5, 0.6) is 0 Å². The SMILES string of the molecule is Cl.Cn1[nH]c(C2CCCCN2)cc1=O. The monoisotopic (exact) mass is 217 g/mol. The summed E-state index contributed by atoms with van der Waals surface area (Å²) in [5.41, 5.74) is 1.06. The Bertz CT molecular complexity index is 338. The smallest absolute Gasteiger partial charge is 0.266 e. The van der Waals surface area contributed by atoms with Crippen LogP contribution in [0.4, 0.5) is 0 Å². The fourth-order valence-electron chi connectivity index (χ4n) is 1.81. The molecule has 5 heteroatoms. The van der Waals surface area contributed by atoms with Crippen LogP contribution in [-0.4, -0.2) is 16.3 Å². The number of aromatic nitrogens is 2. The lowest BCUT2D eigenvalue weighted by Gasteiger charge is -2.21. The minimum Gasteiger partial charge on any atom is -0.309 e. The quantitative estimate of drug-likeness (QED) is 0.736. The molecule has 1 saturated heterocycles. The van der Waals surface area contributed by atoms with Crippen LogP contribution in [-0.2, 0) is 7.05 Å². The predicted octanol–water partition coefficient (Wildman–Crippen LogP) is 0.950. The molecule has 14 heavy (non-hydrogen) atoms. The molecule has 1 unspecified atom stereocenters. The summed E-state index contributed by atoms with van der Waals surface area (Å²) >= 11 is 0. The molecule has 0 bridgehead atoms. The van der Waals surface area contributed by atoms with E-state index in [9.17, 15) is 4.79 Å². The Morgan fingerprint density at radius 2 is 2.29 bits per heavy atom. The van der Waals surface area contributed by atoms with Gasteiger partial charge in [0.25, 0.3) is 5.56 Å². The second-order valence-electron chi connectivity index (χ2n) is 3.61. The first-order valence-corrected chi connectivity index (χ1v) is 4.77. The van der Waals surface area contributed by atoms with Crippen molar-refractivity contribution in [3.63, 3.8) is 0 Å². The summed E-state index contributed by atoms with van der Waals surface area (Å²) in [7, 11) is 1.74. The van der Waals surface area contributed by atoms with E-state index >= 15 is 0 Å². The third-order valence-electron chi connectivity index (χ3n) is 2.59. The Hall–Kier alpha value is -0.740. The summed E-state index contributed by atoms with van der Waals surface area (Å²) in [6, 6.07) is 2.03. The second kappa shape index (κ2) is 4.66. The van der Waals surface area contributed by atoms with Crippen molar-refractivity contribution in [3.8, 4) is 0 Å². The maximum absolute atomic E-state index is 11.2. The number of piperidine rings is 1. The summed E-state index contributed by atoms with van der Waals surface area (Å²) in [5, 5.41) is 6.45. The zero-order chi connectivity index (χ0) is 9.26. The number of hydrogen-bond donors (Lipinski definition) is 2. The van der Waals surface area contributed by atoms with Gasteiger partial charge in [0, 0.05) is 19.2 Å². The molecule has 1 aliphatic heterocycles. The average Bonchev–Trinajstić information content (AvgIpc) is 2.49. The van der Waals surface area contributed by atoms with Gasteiger partial charge >= 0.3 is 0 Å². The Balaban J connectivity index is 0.000000980. The summed E-state index contributed by atoms with van der Waals surface area (Å²) in [5.74, 6) is 0. The molecule has 0 saturated carbocycles. The molecule has 0 aromatic carbocycles. The lowest BCUT2D eigenvalue weighted by Crippen LogP contribution is -2.27. The van der Waals surface area contributed by atoms with Gasteiger partial charge in [0.1, 0.15) is 0 Å². The fraction of sp³-hybridized carbons (Fsp3) is 0.667. The highest BCUT2D eigenvalue weighted by molar-refractivity contribution is 5.85. The van der Waals surface area contributed by atoms with Crippen molar-refractivity contribution in [2.45, 2.75) is 25.3 Å². The van der Waals surface area contributed by atoms with E-state index in [2.05, 4.69) is 10.4 Å². The zero-order valence-corrected chi connectivity index (χ0v) is 9.06. The van der Waals surface area contributed by atoms with Gasteiger partial charge in [-0.2, -0.15) is 0 Å². The van der Waals surface area contributed by atoms with Crippen LogP contribution in [0.25, 0.3) is 0 Å². The van der Waals surface area contributed by atoms with E-state index < -0.39 is 0 Å². The molecule has 1 aromatic heterocycles. The molecule has 1 fully saturated rings. The predicted molar refractivity (Wildman–Crippen MR) is 57.9 cm³/mol. The summed E-state index contributed by atoms with van der Waals surface area (Å²) in [4.78, 5) is 11.2. The van der Waals surface area contributed by atoms with Crippen LogP contribution in [0.3, 0.4) is 0 Å². The Labute approximate surface area is 89.1 Å². The molecule has 4 nitrogen and oxygen atoms in total. The highest BCUT2D eigenvalue weighted by atomic mass is 35.5. The van der Waals surface area contributed by atoms with Crippen molar-refractivity contribution in [2.75, 3.05) is 6.54 Å². The Morgan fingerprint density at radius 3 is 2.79 bits per heavy atom. The van der Waals surface area contributed by atoms with E-state index in [1.807, 2.05) is 0 Å². The van der Waals surface area contributed by atoms with Crippen molar-refractivity contribution in [1.29, 1.82) is 0 Å². The van der Waals surface area contributed by atoms with Gasteiger partial charge in [0.05, 0.1) is 5.69 Å². The van der Waals surface area contributed by atoms with Crippen molar-refractivity contribution in [3.05, 3.63) is 22.1 Å². The summed E-state index contributed by atoms with van der Waals surface area (Å²) in [6.45, 7) is 1.06. The molecule has 1 atom stereocenters. The first-order chi connectivity index (χ1) is 6.27. The van der Waals surface area contributed by atoms with E-state index in [0.29, 0.717) is 6.04 Å². The molecule has 2 N–H and O–H groups in total. The van der Waals surface area contributed by atoms with E-state index in [1.165, 1.54) is 17.5 Å². The number of aromatic amines is 1. The Kier molecular flexibility index (Phi) is 3.77. The number of nitrogens with one attached hydrogen (secondary N) is 2. The first-order valence-electron chi connectivity index (χ1n) is 4.77. The number of rotatable bonds is 1. The number of aryl methyl sites for hydroxylation is 1. The molecule has 2 rings (SSSR count). The lowest BCUT2D eigenvalue weighted by molar-refractivity contribution is 0.402. The second-order valence-corrected chi connectivity index (χ2v) is 3.61. The molecule has 0 aliphatic carbocycles. The van der Waals surface area contributed by atoms with E-state index in [0.717, 1.165) is 18.7 Å². The molecule has 80 valence electrons. The largest absolute Gasteiger partial charge is 0.309 e. The highest BCUT2D eigenvalue weighted by Crippen LogP contribution is 2.19. The highest BCUT2D eigenvalue weighted by Gasteiger charge is 2.16. The van der Waals surface area contributed by atoms with Gasteiger partial charge in [-0.15, -0.1) is 12.4 Å². The molecular weight excluding hydrogens is 202 g/mol.